The van der Waals surface area contributed by atoms with E-state index < -0.39 is 0 Å². The Morgan fingerprint density at radius 2 is 1.13 bits per heavy atom. The van der Waals surface area contributed by atoms with E-state index in [1.165, 1.54) is 33.0 Å². The standard InChI is InChI=1S/C50H32N3O/c1-4-13-32(14-5-1)35-24-27-44-41(29-35)42-30-36(33-15-6-2-7-16-33)25-28-45(42)53(44)46-22-12-20-39-38-26-23-37(31-47(38)54-49(39)46)50-51-43-21-11-10-19-40(43)48(52-50)34-17-8-3-9-18-34/h1-31,43H/q-1. The lowest BCUT2D eigenvalue weighted by Crippen LogP contribution is -2.19. The van der Waals surface area contributed by atoms with Gasteiger partial charge in [0.1, 0.15) is 5.58 Å². The summed E-state index contributed by atoms with van der Waals surface area (Å²) in [5, 5.41) is 9.63. The van der Waals surface area contributed by atoms with Gasteiger partial charge in [-0.2, -0.15) is 0 Å². The number of fused-ring (bicyclic) bond motifs is 7. The highest BCUT2D eigenvalue weighted by molar-refractivity contribution is 6.17. The van der Waals surface area contributed by atoms with Gasteiger partial charge < -0.3 is 19.3 Å². The summed E-state index contributed by atoms with van der Waals surface area (Å²) >= 11 is 0. The first-order valence-corrected chi connectivity index (χ1v) is 18.4. The summed E-state index contributed by atoms with van der Waals surface area (Å²) < 4.78 is 9.25. The average Bonchev–Trinajstić information content (AvgIpc) is 3.79. The Morgan fingerprint density at radius 3 is 1.80 bits per heavy atom. The molecule has 1 unspecified atom stereocenters. The fraction of sp³-hybridized carbons (Fsp3) is 0.0200. The molecule has 0 N–H and O–H groups in total. The minimum Gasteiger partial charge on any atom is -0.454 e. The maximum Gasteiger partial charge on any atom is 0.159 e. The van der Waals surface area contributed by atoms with Crippen molar-refractivity contribution in [1.82, 2.24) is 4.57 Å². The third-order valence-electron chi connectivity index (χ3n) is 10.8. The van der Waals surface area contributed by atoms with E-state index >= 15 is 0 Å². The molecular formula is C50H32N3O-. The molecule has 2 aliphatic rings. The van der Waals surface area contributed by atoms with Crippen LogP contribution < -0.4 is 0 Å². The lowest BCUT2D eigenvalue weighted by molar-refractivity contribution is 0.666. The molecule has 4 nitrogen and oxygen atoms in total. The Morgan fingerprint density at radius 1 is 0.500 bits per heavy atom. The molecule has 0 fully saturated rings. The van der Waals surface area contributed by atoms with Crippen LogP contribution in [0, 0.1) is 0 Å². The van der Waals surface area contributed by atoms with Crippen LogP contribution in [0.25, 0.3) is 82.7 Å². The van der Waals surface area contributed by atoms with Crippen LogP contribution in [0.5, 0.6) is 0 Å². The quantitative estimate of drug-likeness (QED) is 0.177. The van der Waals surface area contributed by atoms with Crippen LogP contribution in [0.15, 0.2) is 203 Å². The Kier molecular flexibility index (Phi) is 6.89. The summed E-state index contributed by atoms with van der Waals surface area (Å²) in [4.78, 5) is 5.15. The predicted molar refractivity (Wildman–Crippen MR) is 224 cm³/mol. The van der Waals surface area contributed by atoms with Crippen molar-refractivity contribution in [2.24, 2.45) is 4.99 Å². The Balaban J connectivity index is 1.09. The molecule has 0 bridgehead atoms. The highest BCUT2D eigenvalue weighted by Gasteiger charge is 2.21. The maximum atomic E-state index is 6.89. The number of rotatable bonds is 5. The molecule has 254 valence electrons. The van der Waals surface area contributed by atoms with E-state index in [9.17, 15) is 0 Å². The highest BCUT2D eigenvalue weighted by Crippen LogP contribution is 2.41. The van der Waals surface area contributed by atoms with E-state index in [2.05, 4.69) is 187 Å². The second-order valence-corrected chi connectivity index (χ2v) is 13.9. The van der Waals surface area contributed by atoms with Gasteiger partial charge in [-0.25, -0.2) is 0 Å². The average molecular weight is 691 g/mol. The number of furan rings is 1. The van der Waals surface area contributed by atoms with Gasteiger partial charge in [-0.15, -0.1) is 0 Å². The lowest BCUT2D eigenvalue weighted by Gasteiger charge is -2.36. The summed E-state index contributed by atoms with van der Waals surface area (Å²) in [5.74, 6) is 0.705. The minimum atomic E-state index is -0.0872. The SMILES string of the molecule is C1=CC2=C(c3ccccc3)N=C(c3ccc4c(c3)oc3c(-n5c6ccc(-c7ccccc7)cc6c6cc(-c7ccccc7)ccc65)cccc34)[N-]C2C=C1. The number of aliphatic imine (C=N–C) groups is 1. The van der Waals surface area contributed by atoms with Gasteiger partial charge in [0.15, 0.2) is 5.58 Å². The minimum absolute atomic E-state index is 0.0872. The molecule has 9 aromatic rings. The molecule has 0 radical (unpaired) electrons. The topological polar surface area (TPSA) is 44.5 Å². The molecule has 0 saturated heterocycles. The zero-order valence-corrected chi connectivity index (χ0v) is 29.2. The molecule has 0 amide bonds. The molecule has 0 spiro atoms. The van der Waals surface area contributed by atoms with Crippen molar-refractivity contribution in [2.45, 2.75) is 6.04 Å². The van der Waals surface area contributed by atoms with Crippen molar-refractivity contribution in [2.75, 3.05) is 0 Å². The number of benzene rings is 7. The number of hydrogen-bond acceptors (Lipinski definition) is 2. The van der Waals surface area contributed by atoms with Gasteiger partial charge >= 0.3 is 0 Å². The Bertz CT molecular complexity index is 2960. The first-order chi connectivity index (χ1) is 26.8. The summed E-state index contributed by atoms with van der Waals surface area (Å²) in [7, 11) is 0. The summed E-state index contributed by atoms with van der Waals surface area (Å²) in [5.41, 5.74) is 13.8. The van der Waals surface area contributed by atoms with E-state index in [1.807, 2.05) is 6.07 Å². The second kappa shape index (κ2) is 12.2. The summed E-state index contributed by atoms with van der Waals surface area (Å²) in [6, 6.07) is 58.0. The third-order valence-corrected chi connectivity index (χ3v) is 10.8. The summed E-state index contributed by atoms with van der Waals surface area (Å²) in [6.45, 7) is 0. The molecule has 2 aromatic heterocycles. The van der Waals surface area contributed by atoms with Gasteiger partial charge in [0.25, 0.3) is 0 Å². The molecular weight excluding hydrogens is 659 g/mol. The lowest BCUT2D eigenvalue weighted by atomic mass is 9.94. The number of aromatic nitrogens is 1. The van der Waals surface area contributed by atoms with Gasteiger partial charge in [-0.3, -0.25) is 0 Å². The number of hydrogen-bond donors (Lipinski definition) is 0. The fourth-order valence-electron chi connectivity index (χ4n) is 8.16. The first kappa shape index (κ1) is 30.5. The molecule has 1 atom stereocenters. The Labute approximate surface area is 312 Å². The van der Waals surface area contributed by atoms with Crippen molar-refractivity contribution >= 4 is 55.3 Å². The monoisotopic (exact) mass is 690 g/mol. The highest BCUT2D eigenvalue weighted by atomic mass is 16.3. The van der Waals surface area contributed by atoms with E-state index in [0.29, 0.717) is 5.84 Å². The third kappa shape index (κ3) is 4.88. The molecule has 3 heterocycles. The van der Waals surface area contributed by atoms with Crippen LogP contribution in [0.3, 0.4) is 0 Å². The van der Waals surface area contributed by atoms with Gasteiger partial charge in [-0.1, -0.05) is 151 Å². The Hall–Kier alpha value is -7.17. The first-order valence-electron chi connectivity index (χ1n) is 18.4. The molecule has 11 rings (SSSR count). The van der Waals surface area contributed by atoms with Crippen LogP contribution in [-0.4, -0.2) is 16.4 Å². The van der Waals surface area contributed by atoms with Crippen LogP contribution in [-0.2, 0) is 0 Å². The van der Waals surface area contributed by atoms with E-state index in [1.54, 1.807) is 0 Å². The van der Waals surface area contributed by atoms with Gasteiger partial charge in [-0.05, 0) is 87.1 Å². The van der Waals surface area contributed by atoms with E-state index in [-0.39, 0.29) is 6.04 Å². The second-order valence-electron chi connectivity index (χ2n) is 13.9. The molecule has 0 saturated carbocycles. The zero-order chi connectivity index (χ0) is 35.6. The van der Waals surface area contributed by atoms with Gasteiger partial charge in [0, 0.05) is 27.6 Å². The normalized spacial score (nSPS) is 15.3. The van der Waals surface area contributed by atoms with E-state index in [0.717, 1.165) is 61.1 Å². The molecule has 4 heteroatoms. The van der Waals surface area contributed by atoms with E-state index in [4.69, 9.17) is 14.7 Å². The zero-order valence-electron chi connectivity index (χ0n) is 29.2. The van der Waals surface area contributed by atoms with Gasteiger partial charge in [0.2, 0.25) is 0 Å². The number of para-hydroxylation sites is 1. The van der Waals surface area contributed by atoms with Crippen molar-refractivity contribution < 1.29 is 4.42 Å². The molecule has 1 aliphatic carbocycles. The predicted octanol–water partition coefficient (Wildman–Crippen LogP) is 13.1. The molecule has 54 heavy (non-hydrogen) atoms. The summed E-state index contributed by atoms with van der Waals surface area (Å²) in [6.07, 6.45) is 8.38. The number of allylic oxidation sites excluding steroid dienone is 2. The van der Waals surface area contributed by atoms with Crippen LogP contribution in [0.1, 0.15) is 11.1 Å². The maximum absolute atomic E-state index is 6.89. The molecule has 7 aromatic carbocycles. The van der Waals surface area contributed by atoms with Crippen LogP contribution in [0.4, 0.5) is 0 Å². The fourth-order valence-corrected chi connectivity index (χ4v) is 8.16. The van der Waals surface area contributed by atoms with Crippen LogP contribution >= 0.6 is 0 Å². The largest absolute Gasteiger partial charge is 0.454 e. The van der Waals surface area contributed by atoms with Crippen molar-refractivity contribution in [3.8, 4) is 27.9 Å². The number of amidine groups is 1. The van der Waals surface area contributed by atoms with Gasteiger partial charge in [0.05, 0.1) is 16.7 Å². The number of nitrogens with zero attached hydrogens (tertiary/aromatic N) is 3. The smallest absolute Gasteiger partial charge is 0.159 e. The van der Waals surface area contributed by atoms with Crippen molar-refractivity contribution in [1.29, 1.82) is 0 Å². The van der Waals surface area contributed by atoms with Crippen LogP contribution in [0.2, 0.25) is 0 Å². The van der Waals surface area contributed by atoms with Crippen molar-refractivity contribution in [3.05, 3.63) is 210 Å². The van der Waals surface area contributed by atoms with Crippen molar-refractivity contribution in [3.63, 3.8) is 0 Å². The molecule has 1 aliphatic heterocycles.